The van der Waals surface area contributed by atoms with Gasteiger partial charge < -0.3 is 19.9 Å². The molecule has 1 unspecified atom stereocenters. The van der Waals surface area contributed by atoms with Crippen LogP contribution in [-0.4, -0.2) is 71.5 Å². The zero-order chi connectivity index (χ0) is 19.4. The van der Waals surface area contributed by atoms with Gasteiger partial charge in [0, 0.05) is 58.1 Å². The van der Waals surface area contributed by atoms with Crippen LogP contribution < -0.4 is 5.32 Å². The number of ether oxygens (including phenoxy) is 1. The van der Waals surface area contributed by atoms with Crippen LogP contribution in [0.2, 0.25) is 0 Å². The molecule has 3 atom stereocenters. The van der Waals surface area contributed by atoms with Gasteiger partial charge in [-0.1, -0.05) is 0 Å². The third-order valence-electron chi connectivity index (χ3n) is 5.62. The van der Waals surface area contributed by atoms with Gasteiger partial charge in [-0.05, 0) is 37.5 Å². The Morgan fingerprint density at radius 1 is 1.37 bits per heavy atom. The van der Waals surface area contributed by atoms with Crippen molar-refractivity contribution in [2.24, 2.45) is 5.92 Å². The van der Waals surface area contributed by atoms with Crippen LogP contribution in [0.5, 0.6) is 0 Å². The summed E-state index contributed by atoms with van der Waals surface area (Å²) in [6, 6.07) is 2.06. The van der Waals surface area contributed by atoms with Crippen molar-refractivity contribution in [3.63, 3.8) is 0 Å². The monoisotopic (exact) mass is 374 g/mol. The first-order valence-electron chi connectivity index (χ1n) is 9.73. The molecule has 1 aromatic heterocycles. The summed E-state index contributed by atoms with van der Waals surface area (Å²) in [7, 11) is 0. The maximum absolute atomic E-state index is 12.9. The first kappa shape index (κ1) is 19.8. The van der Waals surface area contributed by atoms with Crippen LogP contribution in [0.15, 0.2) is 18.5 Å². The maximum atomic E-state index is 12.9. The molecule has 1 N–H and O–H groups in total. The molecule has 2 fully saturated rings. The second-order valence-electron chi connectivity index (χ2n) is 7.67. The highest BCUT2D eigenvalue weighted by Crippen LogP contribution is 2.24. The Kier molecular flexibility index (Phi) is 6.44. The van der Waals surface area contributed by atoms with Gasteiger partial charge in [0.1, 0.15) is 0 Å². The average Bonchev–Trinajstić information content (AvgIpc) is 3.11. The molecular weight excluding hydrogens is 344 g/mol. The highest BCUT2D eigenvalue weighted by molar-refractivity contribution is 5.80. The number of nitrogens with zero attached hydrogens (tertiary/aromatic N) is 3. The summed E-state index contributed by atoms with van der Waals surface area (Å²) in [5, 5.41) is 3.42. The number of aryl methyl sites for hydroxylation is 1. The quantitative estimate of drug-likeness (QED) is 0.831. The Labute approximate surface area is 161 Å². The smallest absolute Gasteiger partial charge is 0.228 e. The Bertz CT molecular complexity index is 681. The first-order chi connectivity index (χ1) is 13.0. The van der Waals surface area contributed by atoms with Crippen molar-refractivity contribution < 1.29 is 14.3 Å². The molecule has 2 aliphatic rings. The lowest BCUT2D eigenvalue weighted by atomic mass is 10.0. The van der Waals surface area contributed by atoms with E-state index >= 15 is 0 Å². The van der Waals surface area contributed by atoms with Crippen LogP contribution in [0.3, 0.4) is 0 Å². The molecule has 2 aliphatic heterocycles. The topological polar surface area (TPSA) is 74.8 Å². The van der Waals surface area contributed by atoms with Crippen LogP contribution in [0.1, 0.15) is 31.4 Å². The number of amides is 2. The van der Waals surface area contributed by atoms with Gasteiger partial charge in [-0.2, -0.15) is 0 Å². The summed E-state index contributed by atoms with van der Waals surface area (Å²) >= 11 is 0. The minimum Gasteiger partial charge on any atom is -0.376 e. The lowest BCUT2D eigenvalue weighted by Crippen LogP contribution is -2.56. The Morgan fingerprint density at radius 2 is 2.19 bits per heavy atom. The highest BCUT2D eigenvalue weighted by Gasteiger charge is 2.37. The van der Waals surface area contributed by atoms with Crippen LogP contribution in [-0.2, 0) is 20.9 Å². The van der Waals surface area contributed by atoms with Gasteiger partial charge in [-0.15, -0.1) is 0 Å². The van der Waals surface area contributed by atoms with Crippen molar-refractivity contribution in [3.8, 4) is 0 Å². The summed E-state index contributed by atoms with van der Waals surface area (Å²) < 4.78 is 5.85. The molecule has 7 nitrogen and oxygen atoms in total. The molecule has 0 spiro atoms. The van der Waals surface area contributed by atoms with E-state index in [-0.39, 0.29) is 29.9 Å². The van der Waals surface area contributed by atoms with Crippen molar-refractivity contribution in [3.05, 3.63) is 29.6 Å². The fourth-order valence-electron chi connectivity index (χ4n) is 3.88. The van der Waals surface area contributed by atoms with Crippen molar-refractivity contribution in [2.45, 2.75) is 45.9 Å². The van der Waals surface area contributed by atoms with Gasteiger partial charge in [0.25, 0.3) is 0 Å². The molecule has 7 heteroatoms. The summed E-state index contributed by atoms with van der Waals surface area (Å²) in [6.07, 6.45) is 4.49. The fourth-order valence-corrected chi connectivity index (χ4v) is 3.88. The molecule has 0 saturated carbocycles. The standard InChI is InChI=1S/C20H30N4O3/c1-14-4-5-21-9-18(14)10-22-11-19-8-17(13-27-19)20(26)24-7-6-23(16(3)25)12-15(24)2/h4-5,9,15,17,19,22H,6-8,10-13H2,1-3H3/t15?,17-,19-/m0/s1. The number of carbonyl (C=O) groups excluding carboxylic acids is 2. The van der Waals surface area contributed by atoms with Crippen LogP contribution in [0.25, 0.3) is 0 Å². The maximum Gasteiger partial charge on any atom is 0.228 e. The second-order valence-corrected chi connectivity index (χ2v) is 7.67. The first-order valence-corrected chi connectivity index (χ1v) is 9.73. The predicted molar refractivity (Wildman–Crippen MR) is 102 cm³/mol. The molecule has 1 aromatic rings. The molecule has 148 valence electrons. The Morgan fingerprint density at radius 3 is 2.89 bits per heavy atom. The number of hydrogen-bond donors (Lipinski definition) is 1. The van der Waals surface area contributed by atoms with E-state index in [9.17, 15) is 9.59 Å². The number of hydrogen-bond acceptors (Lipinski definition) is 5. The molecule has 0 radical (unpaired) electrons. The second kappa shape index (κ2) is 8.80. The van der Waals surface area contributed by atoms with E-state index in [1.165, 1.54) is 11.1 Å². The molecule has 2 saturated heterocycles. The molecule has 0 bridgehead atoms. The van der Waals surface area contributed by atoms with Crippen LogP contribution in [0, 0.1) is 12.8 Å². The molecular formula is C20H30N4O3. The van der Waals surface area contributed by atoms with E-state index in [2.05, 4.69) is 17.2 Å². The molecule has 2 amide bonds. The van der Waals surface area contributed by atoms with Crippen molar-refractivity contribution in [1.29, 1.82) is 0 Å². The number of aromatic nitrogens is 1. The number of piperazine rings is 1. The van der Waals surface area contributed by atoms with Gasteiger partial charge in [0.15, 0.2) is 0 Å². The third kappa shape index (κ3) is 4.84. The molecule has 3 heterocycles. The molecule has 3 rings (SSSR count). The van der Waals surface area contributed by atoms with E-state index in [4.69, 9.17) is 4.74 Å². The number of pyridine rings is 1. The number of carbonyl (C=O) groups is 2. The van der Waals surface area contributed by atoms with E-state index in [1.807, 2.05) is 29.0 Å². The lowest BCUT2D eigenvalue weighted by molar-refractivity contribution is -0.144. The summed E-state index contributed by atoms with van der Waals surface area (Å²) in [6.45, 7) is 9.48. The SMILES string of the molecule is CC(=O)N1CCN(C(=O)[C@@H]2CO[C@H](CNCc3cnccc3C)C2)C(C)C1. The summed E-state index contributed by atoms with van der Waals surface area (Å²) in [5.74, 6) is 0.160. The average molecular weight is 374 g/mol. The van der Waals surface area contributed by atoms with Crippen molar-refractivity contribution in [2.75, 3.05) is 32.8 Å². The fraction of sp³-hybridized carbons (Fsp3) is 0.650. The van der Waals surface area contributed by atoms with Gasteiger partial charge >= 0.3 is 0 Å². The minimum atomic E-state index is -0.0803. The lowest BCUT2D eigenvalue weighted by Gasteiger charge is -2.40. The number of rotatable bonds is 5. The zero-order valence-corrected chi connectivity index (χ0v) is 16.5. The molecule has 27 heavy (non-hydrogen) atoms. The largest absolute Gasteiger partial charge is 0.376 e. The Balaban J connectivity index is 1.44. The van der Waals surface area contributed by atoms with E-state index in [0.717, 1.165) is 19.5 Å². The summed E-state index contributed by atoms with van der Waals surface area (Å²) in [5.41, 5.74) is 2.40. The van der Waals surface area contributed by atoms with Crippen molar-refractivity contribution in [1.82, 2.24) is 20.1 Å². The molecule has 0 aromatic carbocycles. The van der Waals surface area contributed by atoms with Crippen molar-refractivity contribution >= 4 is 11.8 Å². The van der Waals surface area contributed by atoms with Gasteiger partial charge in [0.2, 0.25) is 11.8 Å². The summed E-state index contributed by atoms with van der Waals surface area (Å²) in [4.78, 5) is 32.3. The van der Waals surface area contributed by atoms with Gasteiger partial charge in [0.05, 0.1) is 18.6 Å². The number of nitrogens with one attached hydrogen (secondary N) is 1. The van der Waals surface area contributed by atoms with E-state index in [0.29, 0.717) is 26.2 Å². The normalized spacial score (nSPS) is 25.7. The zero-order valence-electron chi connectivity index (χ0n) is 16.5. The Hall–Kier alpha value is -1.99. The van der Waals surface area contributed by atoms with Gasteiger partial charge in [-0.25, -0.2) is 0 Å². The predicted octanol–water partition coefficient (Wildman–Crippen LogP) is 0.964. The third-order valence-corrected chi connectivity index (χ3v) is 5.62. The van der Waals surface area contributed by atoms with E-state index in [1.54, 1.807) is 13.1 Å². The molecule has 0 aliphatic carbocycles. The van der Waals surface area contributed by atoms with Crippen LogP contribution in [0.4, 0.5) is 0 Å². The van der Waals surface area contributed by atoms with Crippen LogP contribution >= 0.6 is 0 Å². The van der Waals surface area contributed by atoms with E-state index < -0.39 is 0 Å². The highest BCUT2D eigenvalue weighted by atomic mass is 16.5. The minimum absolute atomic E-state index is 0.0564. The van der Waals surface area contributed by atoms with Gasteiger partial charge in [-0.3, -0.25) is 14.6 Å².